The number of piperazine rings is 1. The van der Waals surface area contributed by atoms with Gasteiger partial charge in [0, 0.05) is 63.0 Å². The number of hydrogen-bond donors (Lipinski definition) is 0. The first-order valence-corrected chi connectivity index (χ1v) is 10.8. The molecule has 0 aromatic carbocycles. The lowest BCUT2D eigenvalue weighted by Gasteiger charge is -2.37. The molecule has 2 aromatic heterocycles. The third-order valence-electron chi connectivity index (χ3n) is 6.51. The van der Waals surface area contributed by atoms with Gasteiger partial charge in [-0.2, -0.15) is 0 Å². The zero-order valence-electron chi connectivity index (χ0n) is 17.3. The number of pyridine rings is 1. The summed E-state index contributed by atoms with van der Waals surface area (Å²) >= 11 is 0. The van der Waals surface area contributed by atoms with Crippen molar-refractivity contribution in [3.63, 3.8) is 0 Å². The topological polar surface area (TPSA) is 44.6 Å². The number of likely N-dealkylation sites (N-methyl/N-ethyl adjacent to an activating group) is 1. The van der Waals surface area contributed by atoms with E-state index in [0.29, 0.717) is 5.91 Å². The number of likely N-dealkylation sites (tertiary alicyclic amines) is 1. The van der Waals surface area contributed by atoms with Crippen LogP contribution < -0.4 is 0 Å². The molecule has 6 heteroatoms. The highest BCUT2D eigenvalue weighted by Gasteiger charge is 2.29. The Balaban J connectivity index is 1.29. The largest absolute Gasteiger partial charge is 0.340 e. The molecule has 0 atom stereocenters. The molecular formula is C22H33N5O. The fourth-order valence-corrected chi connectivity index (χ4v) is 4.60. The van der Waals surface area contributed by atoms with Crippen LogP contribution in [0.4, 0.5) is 0 Å². The predicted octanol–water partition coefficient (Wildman–Crippen LogP) is 2.08. The smallest absolute Gasteiger partial charge is 0.225 e. The summed E-state index contributed by atoms with van der Waals surface area (Å²) in [6.07, 6.45) is 7.20. The Hall–Kier alpha value is -1.92. The van der Waals surface area contributed by atoms with Gasteiger partial charge in [-0.3, -0.25) is 4.79 Å². The third-order valence-corrected chi connectivity index (χ3v) is 6.51. The highest BCUT2D eigenvalue weighted by Crippen LogP contribution is 2.23. The first kappa shape index (κ1) is 19.4. The van der Waals surface area contributed by atoms with Crippen LogP contribution in [0, 0.1) is 5.92 Å². The third kappa shape index (κ3) is 4.08. The maximum atomic E-state index is 12.8. The van der Waals surface area contributed by atoms with Crippen LogP contribution in [-0.2, 0) is 17.8 Å². The molecule has 0 aliphatic carbocycles. The summed E-state index contributed by atoms with van der Waals surface area (Å²) in [5.74, 6) is 0.621. The molecule has 0 radical (unpaired) electrons. The van der Waals surface area contributed by atoms with Gasteiger partial charge in [0.1, 0.15) is 5.65 Å². The Morgan fingerprint density at radius 1 is 1.14 bits per heavy atom. The number of amides is 1. The molecule has 1 amide bonds. The Bertz CT molecular complexity index is 800. The second kappa shape index (κ2) is 8.62. The zero-order valence-corrected chi connectivity index (χ0v) is 17.3. The van der Waals surface area contributed by atoms with Crippen LogP contribution in [0.1, 0.15) is 25.3 Å². The van der Waals surface area contributed by atoms with Gasteiger partial charge in [0.25, 0.3) is 0 Å². The molecule has 6 nitrogen and oxygen atoms in total. The quantitative estimate of drug-likeness (QED) is 0.793. The van der Waals surface area contributed by atoms with E-state index in [1.165, 1.54) is 10.9 Å². The SMILES string of the molecule is CCn1cc(CCN2CCC(C(=O)N3CCN(C)CC3)CC2)c2cccnc21. The first-order valence-electron chi connectivity index (χ1n) is 10.8. The molecule has 28 heavy (non-hydrogen) atoms. The number of nitrogens with zero attached hydrogens (tertiary/aromatic N) is 5. The van der Waals surface area contributed by atoms with E-state index in [2.05, 4.69) is 50.5 Å². The average Bonchev–Trinajstić information content (AvgIpc) is 3.11. The molecule has 0 spiro atoms. The fourth-order valence-electron chi connectivity index (χ4n) is 4.60. The molecule has 2 saturated heterocycles. The summed E-state index contributed by atoms with van der Waals surface area (Å²) in [7, 11) is 2.13. The van der Waals surface area contributed by atoms with E-state index in [9.17, 15) is 4.79 Å². The van der Waals surface area contributed by atoms with Gasteiger partial charge in [-0.25, -0.2) is 4.98 Å². The van der Waals surface area contributed by atoms with E-state index >= 15 is 0 Å². The Morgan fingerprint density at radius 3 is 2.61 bits per heavy atom. The Labute approximate surface area is 168 Å². The molecule has 0 saturated carbocycles. The van der Waals surface area contributed by atoms with Crippen LogP contribution in [0.25, 0.3) is 11.0 Å². The van der Waals surface area contributed by atoms with E-state index in [-0.39, 0.29) is 5.92 Å². The maximum Gasteiger partial charge on any atom is 0.225 e. The second-order valence-corrected chi connectivity index (χ2v) is 8.31. The van der Waals surface area contributed by atoms with Crippen molar-refractivity contribution in [2.45, 2.75) is 32.7 Å². The van der Waals surface area contributed by atoms with Gasteiger partial charge in [-0.1, -0.05) is 0 Å². The van der Waals surface area contributed by atoms with Crippen molar-refractivity contribution in [2.24, 2.45) is 5.92 Å². The molecule has 4 rings (SSSR count). The van der Waals surface area contributed by atoms with Crippen molar-refractivity contribution in [2.75, 3.05) is 52.9 Å². The van der Waals surface area contributed by atoms with Crippen LogP contribution in [0.15, 0.2) is 24.5 Å². The fraction of sp³-hybridized carbons (Fsp3) is 0.636. The molecule has 0 unspecified atom stereocenters. The minimum absolute atomic E-state index is 0.228. The monoisotopic (exact) mass is 383 g/mol. The highest BCUT2D eigenvalue weighted by molar-refractivity contribution is 5.80. The van der Waals surface area contributed by atoms with Crippen LogP contribution in [0.3, 0.4) is 0 Å². The number of carbonyl (C=O) groups excluding carboxylic acids is 1. The molecule has 2 fully saturated rings. The van der Waals surface area contributed by atoms with E-state index < -0.39 is 0 Å². The summed E-state index contributed by atoms with van der Waals surface area (Å²) < 4.78 is 2.24. The molecule has 2 aliphatic heterocycles. The van der Waals surface area contributed by atoms with E-state index in [1.807, 2.05) is 12.3 Å². The lowest BCUT2D eigenvalue weighted by atomic mass is 9.94. The Kier molecular flexibility index (Phi) is 5.97. The second-order valence-electron chi connectivity index (χ2n) is 8.31. The first-order chi connectivity index (χ1) is 13.7. The van der Waals surface area contributed by atoms with Gasteiger partial charge in [-0.15, -0.1) is 0 Å². The number of piperidine rings is 1. The molecule has 2 aromatic rings. The van der Waals surface area contributed by atoms with E-state index in [1.54, 1.807) is 0 Å². The molecular weight excluding hydrogens is 350 g/mol. The standard InChI is InChI=1S/C22H33N5O/c1-3-26-17-19(20-5-4-9-23-21(20)26)8-12-25-10-6-18(7-11-25)22(28)27-15-13-24(2)14-16-27/h4-5,9,17-18H,3,6-8,10-16H2,1-2H3. The highest BCUT2D eigenvalue weighted by atomic mass is 16.2. The van der Waals surface area contributed by atoms with E-state index in [0.717, 1.165) is 77.3 Å². The van der Waals surface area contributed by atoms with Gasteiger partial charge in [0.2, 0.25) is 5.91 Å². The van der Waals surface area contributed by atoms with Crippen molar-refractivity contribution in [3.8, 4) is 0 Å². The molecule has 4 heterocycles. The Morgan fingerprint density at radius 2 is 1.89 bits per heavy atom. The van der Waals surface area contributed by atoms with Gasteiger partial charge in [0.05, 0.1) is 0 Å². The molecule has 152 valence electrons. The number of hydrogen-bond acceptors (Lipinski definition) is 4. The molecule has 0 bridgehead atoms. The summed E-state index contributed by atoms with van der Waals surface area (Å²) in [6.45, 7) is 10.1. The van der Waals surface area contributed by atoms with Crippen LogP contribution in [0.5, 0.6) is 0 Å². The zero-order chi connectivity index (χ0) is 19.5. The number of rotatable bonds is 5. The maximum absolute atomic E-state index is 12.8. The average molecular weight is 384 g/mol. The van der Waals surface area contributed by atoms with Crippen molar-refractivity contribution >= 4 is 16.9 Å². The number of aromatic nitrogens is 2. The van der Waals surface area contributed by atoms with Gasteiger partial charge in [-0.05, 0) is 64.0 Å². The summed E-state index contributed by atoms with van der Waals surface area (Å²) in [5.41, 5.74) is 2.48. The predicted molar refractivity (Wildman–Crippen MR) is 112 cm³/mol. The lowest BCUT2D eigenvalue weighted by Crippen LogP contribution is -2.50. The van der Waals surface area contributed by atoms with Crippen molar-refractivity contribution in [1.29, 1.82) is 0 Å². The number of aryl methyl sites for hydroxylation is 1. The van der Waals surface area contributed by atoms with Gasteiger partial charge < -0.3 is 19.3 Å². The number of carbonyl (C=O) groups is 1. The molecule has 2 aliphatic rings. The number of fused-ring (bicyclic) bond motifs is 1. The lowest BCUT2D eigenvalue weighted by molar-refractivity contribution is -0.138. The van der Waals surface area contributed by atoms with Crippen LogP contribution in [-0.4, -0.2) is 83.0 Å². The minimum Gasteiger partial charge on any atom is -0.340 e. The summed E-state index contributed by atoms with van der Waals surface area (Å²) in [4.78, 5) is 24.3. The van der Waals surface area contributed by atoms with Crippen molar-refractivity contribution in [1.82, 2.24) is 24.3 Å². The molecule has 0 N–H and O–H groups in total. The normalized spacial score (nSPS) is 20.1. The van der Waals surface area contributed by atoms with Crippen LogP contribution in [0.2, 0.25) is 0 Å². The van der Waals surface area contributed by atoms with Crippen molar-refractivity contribution in [3.05, 3.63) is 30.1 Å². The van der Waals surface area contributed by atoms with Crippen molar-refractivity contribution < 1.29 is 4.79 Å². The van der Waals surface area contributed by atoms with Gasteiger partial charge >= 0.3 is 0 Å². The summed E-state index contributed by atoms with van der Waals surface area (Å²) in [5, 5.41) is 1.28. The van der Waals surface area contributed by atoms with Crippen LogP contribution >= 0.6 is 0 Å². The van der Waals surface area contributed by atoms with E-state index in [4.69, 9.17) is 0 Å². The summed E-state index contributed by atoms with van der Waals surface area (Å²) in [6, 6.07) is 4.21. The minimum atomic E-state index is 0.228. The van der Waals surface area contributed by atoms with Gasteiger partial charge in [0.15, 0.2) is 0 Å².